The minimum Gasteiger partial charge on any atom is -0.480 e. The van der Waals surface area contributed by atoms with Crippen molar-refractivity contribution in [2.75, 3.05) is 7.11 Å². The number of aromatic nitrogens is 2. The Kier molecular flexibility index (Phi) is 8.50. The molecule has 1 aliphatic rings. The standard InChI is InChI=1S/C26H25F4IN2O4S/c1-37-25-16(15-33(32-25)19-6-2-17(3-7-19)26(28,29)30)14-20(34)8-12-23(31)22-11-13-24(22)38(35,36)21-9-4-18(27)5-10-21/h2-7,9-10,15,22-24H,8,11-14H2,1H3/t22-,23?,24-/m0/s1. The molecule has 204 valence electrons. The number of ketones is 1. The van der Waals surface area contributed by atoms with E-state index in [1.54, 1.807) is 6.20 Å². The summed E-state index contributed by atoms with van der Waals surface area (Å²) in [6, 6.07) is 9.32. The second-order valence-electron chi connectivity index (χ2n) is 9.20. The van der Waals surface area contributed by atoms with Crippen LogP contribution in [0.3, 0.4) is 0 Å². The number of hydrogen-bond acceptors (Lipinski definition) is 5. The number of nitrogens with zero attached hydrogens (tertiary/aromatic N) is 2. The van der Waals surface area contributed by atoms with E-state index in [-0.39, 0.29) is 39.2 Å². The van der Waals surface area contributed by atoms with Crippen LogP contribution in [0.4, 0.5) is 17.6 Å². The number of sulfone groups is 1. The van der Waals surface area contributed by atoms with Gasteiger partial charge in [0.15, 0.2) is 9.84 Å². The van der Waals surface area contributed by atoms with Crippen molar-refractivity contribution in [1.29, 1.82) is 0 Å². The summed E-state index contributed by atoms with van der Waals surface area (Å²) in [6.45, 7) is 0. The molecule has 2 aromatic carbocycles. The molecule has 0 N–H and O–H groups in total. The Bertz CT molecular complexity index is 1390. The fraction of sp³-hybridized carbons (Fsp3) is 0.385. The van der Waals surface area contributed by atoms with E-state index in [1.165, 1.54) is 36.1 Å². The molecule has 12 heteroatoms. The van der Waals surface area contributed by atoms with Crippen molar-refractivity contribution >= 4 is 38.2 Å². The number of alkyl halides is 4. The van der Waals surface area contributed by atoms with Crippen LogP contribution in [0, 0.1) is 11.7 Å². The zero-order valence-corrected chi connectivity index (χ0v) is 23.3. The lowest BCUT2D eigenvalue weighted by molar-refractivity contribution is -0.137. The van der Waals surface area contributed by atoms with E-state index in [1.807, 2.05) is 0 Å². The van der Waals surface area contributed by atoms with Crippen LogP contribution in [0.2, 0.25) is 0 Å². The maximum Gasteiger partial charge on any atom is 0.416 e. The average molecular weight is 664 g/mol. The molecule has 3 aromatic rings. The SMILES string of the molecule is COc1nn(-c2ccc(C(F)(F)F)cc2)cc1CC(=O)CCC(I)[C@@H]1CC[C@@H]1S(=O)(=O)c1ccc(F)cc1. The number of hydrogen-bond donors (Lipinski definition) is 0. The van der Waals surface area contributed by atoms with Crippen LogP contribution in [0.5, 0.6) is 5.88 Å². The molecule has 0 bridgehead atoms. The van der Waals surface area contributed by atoms with Crippen molar-refractivity contribution in [3.05, 3.63) is 71.7 Å². The van der Waals surface area contributed by atoms with Gasteiger partial charge in [-0.2, -0.15) is 13.2 Å². The number of methoxy groups -OCH3 is 1. The molecule has 0 amide bonds. The third kappa shape index (κ3) is 6.22. The van der Waals surface area contributed by atoms with E-state index in [0.29, 0.717) is 24.1 Å². The molecule has 38 heavy (non-hydrogen) atoms. The Hall–Kier alpha value is -2.48. The Morgan fingerprint density at radius 3 is 2.34 bits per heavy atom. The molecular weight excluding hydrogens is 639 g/mol. The van der Waals surface area contributed by atoms with Crippen molar-refractivity contribution in [3.63, 3.8) is 0 Å². The maximum atomic E-state index is 13.2. The summed E-state index contributed by atoms with van der Waals surface area (Å²) < 4.78 is 84.3. The summed E-state index contributed by atoms with van der Waals surface area (Å²) in [6.07, 6.45) is -0.887. The first-order valence-electron chi connectivity index (χ1n) is 11.9. The van der Waals surface area contributed by atoms with E-state index in [9.17, 15) is 30.8 Å². The van der Waals surface area contributed by atoms with E-state index in [4.69, 9.17) is 4.74 Å². The monoisotopic (exact) mass is 664 g/mol. The van der Waals surface area contributed by atoms with Crippen molar-refractivity contribution in [1.82, 2.24) is 9.78 Å². The van der Waals surface area contributed by atoms with Gasteiger partial charge in [-0.3, -0.25) is 4.79 Å². The molecular formula is C26H25F4IN2O4S. The molecule has 0 radical (unpaired) electrons. The van der Waals surface area contributed by atoms with E-state index < -0.39 is 32.6 Å². The average Bonchev–Trinajstić information content (AvgIpc) is 3.24. The van der Waals surface area contributed by atoms with Gasteiger partial charge < -0.3 is 4.74 Å². The summed E-state index contributed by atoms with van der Waals surface area (Å²) >= 11 is 2.20. The molecule has 4 rings (SSSR count). The van der Waals surface area contributed by atoms with Crippen LogP contribution >= 0.6 is 22.6 Å². The molecule has 1 heterocycles. The molecule has 1 aliphatic carbocycles. The summed E-state index contributed by atoms with van der Waals surface area (Å²) in [5.41, 5.74) is 0.117. The highest BCUT2D eigenvalue weighted by atomic mass is 127. The fourth-order valence-electron chi connectivity index (χ4n) is 4.53. The first kappa shape index (κ1) is 28.5. The number of carbonyl (C=O) groups is 1. The van der Waals surface area contributed by atoms with Crippen LogP contribution in [0.25, 0.3) is 5.69 Å². The number of carbonyl (C=O) groups excluding carboxylic acids is 1. The van der Waals surface area contributed by atoms with Crippen LogP contribution in [-0.2, 0) is 27.2 Å². The first-order valence-corrected chi connectivity index (χ1v) is 14.6. The zero-order chi connectivity index (χ0) is 27.7. The zero-order valence-electron chi connectivity index (χ0n) is 20.3. The third-order valence-corrected chi connectivity index (χ3v) is 10.6. The number of Topliss-reactive ketones (excluding diaryl/α,β-unsaturated/α-hetero) is 1. The number of ether oxygens (including phenoxy) is 1. The van der Waals surface area contributed by atoms with Crippen LogP contribution < -0.4 is 4.74 Å². The summed E-state index contributed by atoms with van der Waals surface area (Å²) in [5, 5.41) is 3.67. The molecule has 1 unspecified atom stereocenters. The van der Waals surface area contributed by atoms with E-state index >= 15 is 0 Å². The predicted octanol–water partition coefficient (Wildman–Crippen LogP) is 5.99. The number of rotatable bonds is 10. The lowest BCUT2D eigenvalue weighted by Crippen LogP contribution is -2.43. The van der Waals surface area contributed by atoms with Crippen molar-refractivity contribution in [2.24, 2.45) is 5.92 Å². The molecule has 3 atom stereocenters. The third-order valence-electron chi connectivity index (χ3n) is 6.76. The van der Waals surface area contributed by atoms with Gasteiger partial charge in [-0.05, 0) is 73.7 Å². The maximum absolute atomic E-state index is 13.2. The molecule has 1 fully saturated rings. The van der Waals surface area contributed by atoms with Gasteiger partial charge >= 0.3 is 6.18 Å². The Morgan fingerprint density at radius 2 is 1.79 bits per heavy atom. The summed E-state index contributed by atoms with van der Waals surface area (Å²) in [4.78, 5) is 12.9. The quantitative estimate of drug-likeness (QED) is 0.115. The minimum absolute atomic E-state index is 0.0230. The topological polar surface area (TPSA) is 78.3 Å². The normalized spacial score (nSPS) is 18.6. The van der Waals surface area contributed by atoms with Crippen LogP contribution in [0.15, 0.2) is 59.6 Å². The number of halogens is 5. The Balaban J connectivity index is 1.36. The second-order valence-corrected chi connectivity index (χ2v) is 13.0. The van der Waals surface area contributed by atoms with Gasteiger partial charge in [-0.15, -0.1) is 5.10 Å². The number of benzene rings is 2. The smallest absolute Gasteiger partial charge is 0.416 e. The van der Waals surface area contributed by atoms with Gasteiger partial charge in [0.1, 0.15) is 11.6 Å². The molecule has 0 aliphatic heterocycles. The molecule has 1 saturated carbocycles. The largest absolute Gasteiger partial charge is 0.480 e. The van der Waals surface area contributed by atoms with Gasteiger partial charge in [0.2, 0.25) is 5.88 Å². The van der Waals surface area contributed by atoms with Gasteiger partial charge in [0.25, 0.3) is 0 Å². The van der Waals surface area contributed by atoms with Crippen molar-refractivity contribution in [3.8, 4) is 11.6 Å². The lowest BCUT2D eigenvalue weighted by Gasteiger charge is -2.39. The van der Waals surface area contributed by atoms with Crippen molar-refractivity contribution < 1.29 is 35.5 Å². The molecule has 0 spiro atoms. The predicted molar refractivity (Wildman–Crippen MR) is 141 cm³/mol. The minimum atomic E-state index is -4.45. The van der Waals surface area contributed by atoms with Gasteiger partial charge in [-0.1, -0.05) is 22.6 Å². The molecule has 1 aromatic heterocycles. The van der Waals surface area contributed by atoms with Gasteiger partial charge in [-0.25, -0.2) is 17.5 Å². The lowest BCUT2D eigenvalue weighted by atomic mass is 9.80. The highest BCUT2D eigenvalue weighted by molar-refractivity contribution is 14.1. The van der Waals surface area contributed by atoms with Crippen LogP contribution in [0.1, 0.15) is 36.8 Å². The van der Waals surface area contributed by atoms with E-state index in [2.05, 4.69) is 27.7 Å². The highest BCUT2D eigenvalue weighted by Gasteiger charge is 2.44. The van der Waals surface area contributed by atoms with Gasteiger partial charge in [0, 0.05) is 28.5 Å². The van der Waals surface area contributed by atoms with Crippen LogP contribution in [-0.4, -0.2) is 40.3 Å². The Morgan fingerprint density at radius 1 is 1.13 bits per heavy atom. The van der Waals surface area contributed by atoms with E-state index in [0.717, 1.165) is 30.7 Å². The molecule has 6 nitrogen and oxygen atoms in total. The summed E-state index contributed by atoms with van der Waals surface area (Å²) in [5.74, 6) is -0.487. The fourth-order valence-corrected chi connectivity index (χ4v) is 8.08. The second kappa shape index (κ2) is 11.3. The molecule has 0 saturated heterocycles. The first-order chi connectivity index (χ1) is 17.9. The van der Waals surface area contributed by atoms with Crippen molar-refractivity contribution in [2.45, 2.75) is 52.4 Å². The summed E-state index contributed by atoms with van der Waals surface area (Å²) in [7, 11) is -2.19. The van der Waals surface area contributed by atoms with Gasteiger partial charge in [0.05, 0.1) is 28.5 Å². The Labute approximate surface area is 231 Å². The highest BCUT2D eigenvalue weighted by Crippen LogP contribution is 2.43.